The standard InChI is InChI=1S/C72H84BN3/c1-65(2,3)46-24-28-50(29-25-46)74-60-42-51(76-59-33-27-48(67(7,8)9)39-55(59)71(17)36-37-72(71,76)18)30-31-56(60)73-57-43-53-54(70(15,16)35-34-69(53,13)14)44-61(57)75(63-41-49(68(10,11)12)40-62(74)64(63)73)58-32-26-47(66(4,5)6)38-52(58)45-22-20-19-21-23-45/h19-33,38-44H,34-37H2,1-18H3. The average Bonchev–Trinajstić information content (AvgIpc) is 3.51. The van der Waals surface area contributed by atoms with E-state index in [2.05, 4.69) is 273 Å². The van der Waals surface area contributed by atoms with E-state index >= 15 is 0 Å². The third-order valence-corrected chi connectivity index (χ3v) is 19.8. The lowest BCUT2D eigenvalue weighted by Crippen LogP contribution is -2.62. The van der Waals surface area contributed by atoms with Gasteiger partial charge in [0.25, 0.3) is 6.71 Å². The Labute approximate surface area is 458 Å². The molecule has 0 aromatic heterocycles. The fraction of sp³-hybridized carbons (Fsp3) is 0.417. The van der Waals surface area contributed by atoms with Crippen molar-refractivity contribution in [3.8, 4) is 11.1 Å². The molecule has 76 heavy (non-hydrogen) atoms. The molecule has 0 amide bonds. The first-order chi connectivity index (χ1) is 35.4. The van der Waals surface area contributed by atoms with Gasteiger partial charge < -0.3 is 14.7 Å². The summed E-state index contributed by atoms with van der Waals surface area (Å²) in [4.78, 5) is 8.15. The van der Waals surface area contributed by atoms with E-state index in [4.69, 9.17) is 0 Å². The average molecular weight is 1000 g/mol. The van der Waals surface area contributed by atoms with Gasteiger partial charge >= 0.3 is 0 Å². The van der Waals surface area contributed by atoms with Gasteiger partial charge in [0.1, 0.15) is 0 Å². The van der Waals surface area contributed by atoms with E-state index in [9.17, 15) is 0 Å². The fourth-order valence-electron chi connectivity index (χ4n) is 14.3. The summed E-state index contributed by atoms with van der Waals surface area (Å²) in [7, 11) is 0. The van der Waals surface area contributed by atoms with Crippen LogP contribution in [-0.4, -0.2) is 12.3 Å². The van der Waals surface area contributed by atoms with Crippen LogP contribution in [0.2, 0.25) is 0 Å². The van der Waals surface area contributed by atoms with Crippen molar-refractivity contribution in [3.63, 3.8) is 0 Å². The van der Waals surface area contributed by atoms with Crippen LogP contribution in [0.15, 0.2) is 133 Å². The minimum Gasteiger partial charge on any atom is -0.334 e. The monoisotopic (exact) mass is 1000 g/mol. The number of benzene rings is 7. The molecular weight excluding hydrogens is 918 g/mol. The zero-order valence-electron chi connectivity index (χ0n) is 49.4. The van der Waals surface area contributed by atoms with Gasteiger partial charge in [0.15, 0.2) is 0 Å². The number of hydrogen-bond donors (Lipinski definition) is 0. The first-order valence-electron chi connectivity index (χ1n) is 28.8. The molecule has 3 aliphatic heterocycles. The number of fused-ring (bicyclic) bond motifs is 8. The molecule has 0 saturated heterocycles. The van der Waals surface area contributed by atoms with Gasteiger partial charge in [0.2, 0.25) is 0 Å². The molecule has 0 N–H and O–H groups in total. The third-order valence-electron chi connectivity index (χ3n) is 19.8. The maximum Gasteiger partial charge on any atom is 0.252 e. The lowest BCUT2D eigenvalue weighted by Gasteiger charge is -2.56. The summed E-state index contributed by atoms with van der Waals surface area (Å²) in [6, 6.07) is 53.8. The minimum absolute atomic E-state index is 0.00987. The van der Waals surface area contributed by atoms with Crippen LogP contribution in [0.1, 0.15) is 189 Å². The minimum atomic E-state index is -0.147. The first kappa shape index (κ1) is 50.8. The molecule has 3 nitrogen and oxygen atoms in total. The molecule has 3 heterocycles. The highest BCUT2D eigenvalue weighted by Gasteiger charge is 2.63. The van der Waals surface area contributed by atoms with Gasteiger partial charge in [-0.1, -0.05) is 190 Å². The summed E-state index contributed by atoms with van der Waals surface area (Å²) in [6.45, 7) is 43.4. The van der Waals surface area contributed by atoms with Gasteiger partial charge in [-0.05, 0) is 187 Å². The van der Waals surface area contributed by atoms with Crippen LogP contribution < -0.4 is 31.1 Å². The maximum absolute atomic E-state index is 2.76. The van der Waals surface area contributed by atoms with E-state index in [0.29, 0.717) is 0 Å². The van der Waals surface area contributed by atoms with Crippen LogP contribution in [0.5, 0.6) is 0 Å². The van der Waals surface area contributed by atoms with Gasteiger partial charge in [-0.15, -0.1) is 0 Å². The summed E-state index contributed by atoms with van der Waals surface area (Å²) in [6.07, 6.45) is 4.67. The molecule has 2 atom stereocenters. The lowest BCUT2D eigenvalue weighted by molar-refractivity contribution is 0.133. The summed E-state index contributed by atoms with van der Waals surface area (Å²) in [5, 5.41) is 0. The van der Waals surface area contributed by atoms with Crippen LogP contribution >= 0.6 is 0 Å². The largest absolute Gasteiger partial charge is 0.334 e. The van der Waals surface area contributed by atoms with Crippen LogP contribution in [0.25, 0.3) is 11.1 Å². The second-order valence-corrected chi connectivity index (χ2v) is 29.8. The van der Waals surface area contributed by atoms with Gasteiger partial charge in [-0.25, -0.2) is 0 Å². The molecule has 0 spiro atoms. The van der Waals surface area contributed by atoms with Crippen molar-refractivity contribution >= 4 is 68.6 Å². The third kappa shape index (κ3) is 7.48. The second kappa shape index (κ2) is 16.3. The van der Waals surface area contributed by atoms with E-state index in [0.717, 1.165) is 19.3 Å². The molecule has 0 bridgehead atoms. The van der Waals surface area contributed by atoms with E-state index in [-0.39, 0.29) is 50.2 Å². The summed E-state index contributed by atoms with van der Waals surface area (Å²) in [5.74, 6) is 0. The summed E-state index contributed by atoms with van der Waals surface area (Å²) >= 11 is 0. The summed E-state index contributed by atoms with van der Waals surface area (Å²) < 4.78 is 0. The van der Waals surface area contributed by atoms with Crippen LogP contribution in [-0.2, 0) is 37.9 Å². The Balaban J connectivity index is 1.19. The number of hydrogen-bond acceptors (Lipinski definition) is 3. The van der Waals surface area contributed by atoms with Gasteiger partial charge in [-0.2, -0.15) is 0 Å². The topological polar surface area (TPSA) is 9.72 Å². The van der Waals surface area contributed by atoms with Crippen LogP contribution in [0, 0.1) is 0 Å². The van der Waals surface area contributed by atoms with Crippen molar-refractivity contribution in [3.05, 3.63) is 172 Å². The van der Waals surface area contributed by atoms with Crippen LogP contribution in [0.3, 0.4) is 0 Å². The normalized spacial score (nSPS) is 21.0. The predicted molar refractivity (Wildman–Crippen MR) is 330 cm³/mol. The molecule has 7 aromatic carbocycles. The lowest BCUT2D eigenvalue weighted by atomic mass is 9.33. The van der Waals surface area contributed by atoms with Crippen molar-refractivity contribution < 1.29 is 0 Å². The molecule has 2 aliphatic carbocycles. The van der Waals surface area contributed by atoms with Crippen molar-refractivity contribution in [1.29, 1.82) is 0 Å². The Morgan fingerprint density at radius 3 is 1.49 bits per heavy atom. The molecule has 5 aliphatic rings. The molecule has 390 valence electrons. The second-order valence-electron chi connectivity index (χ2n) is 29.8. The van der Waals surface area contributed by atoms with Crippen molar-refractivity contribution in [2.45, 2.75) is 194 Å². The highest BCUT2D eigenvalue weighted by atomic mass is 15.3. The van der Waals surface area contributed by atoms with Crippen molar-refractivity contribution in [1.82, 2.24) is 0 Å². The molecule has 12 rings (SSSR count). The predicted octanol–water partition coefficient (Wildman–Crippen LogP) is 17.9. The molecule has 1 fully saturated rings. The molecule has 4 heteroatoms. The van der Waals surface area contributed by atoms with Gasteiger partial charge in [0, 0.05) is 50.8 Å². The Morgan fingerprint density at radius 1 is 0.382 bits per heavy atom. The zero-order chi connectivity index (χ0) is 54.2. The first-order valence-corrected chi connectivity index (χ1v) is 28.8. The number of nitrogens with zero attached hydrogens (tertiary/aromatic N) is 3. The smallest absolute Gasteiger partial charge is 0.252 e. The number of rotatable bonds is 4. The molecule has 2 unspecified atom stereocenters. The molecule has 1 saturated carbocycles. The number of anilines is 8. The zero-order valence-corrected chi connectivity index (χ0v) is 49.4. The van der Waals surface area contributed by atoms with E-state index in [1.165, 1.54) is 118 Å². The Bertz CT molecular complexity index is 3510. The van der Waals surface area contributed by atoms with E-state index in [1.54, 1.807) is 0 Å². The maximum atomic E-state index is 2.76. The quantitative estimate of drug-likeness (QED) is 0.163. The van der Waals surface area contributed by atoms with Crippen LogP contribution in [0.4, 0.5) is 45.5 Å². The Morgan fingerprint density at radius 2 is 0.908 bits per heavy atom. The van der Waals surface area contributed by atoms with Crippen molar-refractivity contribution in [2.75, 3.05) is 14.7 Å². The highest BCUT2D eigenvalue weighted by Crippen LogP contribution is 2.66. The fourth-order valence-corrected chi connectivity index (χ4v) is 14.3. The van der Waals surface area contributed by atoms with Gasteiger partial charge in [-0.3, -0.25) is 0 Å². The Kier molecular flexibility index (Phi) is 10.9. The van der Waals surface area contributed by atoms with E-state index < -0.39 is 0 Å². The van der Waals surface area contributed by atoms with E-state index in [1.807, 2.05) is 0 Å². The van der Waals surface area contributed by atoms with Crippen molar-refractivity contribution in [2.24, 2.45) is 0 Å². The SMILES string of the molecule is CC(C)(C)c1ccc(N2c3cc(N4c5ccc(C(C)(C)C)cc5C5(C)CCC45C)ccc3B3c4cc5c(cc4N(c4ccc(C(C)(C)C)cc4-c4ccccc4)c4cc(C(C)(C)C)cc2c43)C(C)(C)CCC5(C)C)cc1. The summed E-state index contributed by atoms with van der Waals surface area (Å²) in [5.41, 5.74) is 26.7. The molecular formula is C72H84BN3. The highest BCUT2D eigenvalue weighted by molar-refractivity contribution is 7.00. The molecule has 0 radical (unpaired) electrons. The Hall–Kier alpha value is -6.00. The van der Waals surface area contributed by atoms with Gasteiger partial charge in [0.05, 0.1) is 11.2 Å². The molecule has 7 aromatic rings.